The normalized spacial score (nSPS) is 15.0. The van der Waals surface area contributed by atoms with Crippen LogP contribution in [0, 0.1) is 0 Å². The van der Waals surface area contributed by atoms with Crippen LogP contribution in [0.3, 0.4) is 0 Å². The van der Waals surface area contributed by atoms with E-state index >= 15 is 0 Å². The number of hydrogen-bond donors (Lipinski definition) is 2. The molecule has 0 aliphatic carbocycles. The average molecular weight is 573 g/mol. The molecular formula is C26H27BrClN5O3. The van der Waals surface area contributed by atoms with Crippen molar-refractivity contribution in [1.29, 1.82) is 0 Å². The Morgan fingerprint density at radius 3 is 2.42 bits per heavy atom. The van der Waals surface area contributed by atoms with Crippen molar-refractivity contribution in [2.45, 2.75) is 45.8 Å². The van der Waals surface area contributed by atoms with Gasteiger partial charge in [0.25, 0.3) is 17.4 Å². The van der Waals surface area contributed by atoms with Gasteiger partial charge in [-0.15, -0.1) is 0 Å². The zero-order valence-corrected chi connectivity index (χ0v) is 22.8. The van der Waals surface area contributed by atoms with E-state index in [2.05, 4.69) is 26.6 Å². The summed E-state index contributed by atoms with van der Waals surface area (Å²) >= 11 is 9.56. The number of aromatic nitrogens is 2. The topological polar surface area (TPSA) is 96.3 Å². The monoisotopic (exact) mass is 571 g/mol. The van der Waals surface area contributed by atoms with Crippen LogP contribution in [0.15, 0.2) is 51.7 Å². The molecule has 0 radical (unpaired) electrons. The summed E-state index contributed by atoms with van der Waals surface area (Å²) in [4.78, 5) is 45.5. The number of rotatable bonds is 5. The van der Waals surface area contributed by atoms with Gasteiger partial charge >= 0.3 is 0 Å². The maximum absolute atomic E-state index is 13.7. The van der Waals surface area contributed by atoms with Crippen LogP contribution in [0.25, 0.3) is 5.69 Å². The number of halogens is 2. The number of hydrogen-bond acceptors (Lipinski definition) is 5. The number of nitrogens with one attached hydrogen (secondary N) is 2. The summed E-state index contributed by atoms with van der Waals surface area (Å²) < 4.78 is 2.25. The van der Waals surface area contributed by atoms with Gasteiger partial charge in [0.05, 0.1) is 22.9 Å². The summed E-state index contributed by atoms with van der Waals surface area (Å²) in [6.07, 6.45) is 0.370. The van der Waals surface area contributed by atoms with E-state index in [0.29, 0.717) is 49.9 Å². The second kappa shape index (κ2) is 10.4. The second-order valence-corrected chi connectivity index (χ2v) is 10.3. The molecule has 0 saturated carbocycles. The van der Waals surface area contributed by atoms with Gasteiger partial charge < -0.3 is 15.5 Å². The summed E-state index contributed by atoms with van der Waals surface area (Å²) in [5, 5.41) is 6.31. The highest BCUT2D eigenvalue weighted by atomic mass is 79.9. The standard InChI is InChI=1S/C26H27BrClN5O3/c1-14(2)30-26-31-22-13-32(24(35)17-7-10-20(27)21(28)12-17)15(3)11-19(22)25(36)33(26)18-8-5-16(6-9-18)23(34)29-4/h5-10,12,14-15H,11,13H2,1-4H3,(H,29,34)(H,30,31)/t15-/m1/s1. The number of benzene rings is 2. The molecule has 188 valence electrons. The quantitative estimate of drug-likeness (QED) is 0.472. The molecule has 1 atom stereocenters. The molecule has 2 N–H and O–H groups in total. The third-order valence-corrected chi connectivity index (χ3v) is 7.31. The highest BCUT2D eigenvalue weighted by molar-refractivity contribution is 9.10. The molecule has 0 saturated heterocycles. The van der Waals surface area contributed by atoms with Crippen molar-refractivity contribution in [2.24, 2.45) is 0 Å². The molecule has 1 aliphatic heterocycles. The van der Waals surface area contributed by atoms with E-state index in [1.165, 1.54) is 4.57 Å². The molecular weight excluding hydrogens is 546 g/mol. The average Bonchev–Trinajstić information content (AvgIpc) is 2.85. The summed E-state index contributed by atoms with van der Waals surface area (Å²) in [7, 11) is 1.57. The predicted octanol–water partition coefficient (Wildman–Crippen LogP) is 4.42. The van der Waals surface area contributed by atoms with Gasteiger partial charge in [0.2, 0.25) is 5.95 Å². The molecule has 0 fully saturated rings. The molecule has 2 aromatic carbocycles. The van der Waals surface area contributed by atoms with Crippen LogP contribution in [-0.2, 0) is 13.0 Å². The molecule has 10 heteroatoms. The van der Waals surface area contributed by atoms with Gasteiger partial charge in [0.15, 0.2) is 0 Å². The van der Waals surface area contributed by atoms with Crippen molar-refractivity contribution in [3.05, 3.63) is 84.7 Å². The lowest BCUT2D eigenvalue weighted by atomic mass is 9.98. The number of carbonyl (C=O) groups excluding carboxylic acids is 2. The SMILES string of the molecule is CNC(=O)c1ccc(-n2c(NC(C)C)nc3c(c2=O)C[C@@H](C)N(C(=O)c2ccc(Br)c(Cl)c2)C3)cc1. The van der Waals surface area contributed by atoms with E-state index in [1.54, 1.807) is 54.4 Å². The Labute approximate surface area is 222 Å². The van der Waals surface area contributed by atoms with Crippen LogP contribution in [-0.4, -0.2) is 45.4 Å². The molecule has 0 bridgehead atoms. The van der Waals surface area contributed by atoms with Crippen LogP contribution in [0.4, 0.5) is 5.95 Å². The van der Waals surface area contributed by atoms with Crippen LogP contribution in [0.1, 0.15) is 52.7 Å². The Bertz CT molecular complexity index is 1390. The van der Waals surface area contributed by atoms with Gasteiger partial charge in [-0.2, -0.15) is 0 Å². The van der Waals surface area contributed by atoms with E-state index in [9.17, 15) is 14.4 Å². The molecule has 0 unspecified atom stereocenters. The van der Waals surface area contributed by atoms with Crippen LogP contribution < -0.4 is 16.2 Å². The summed E-state index contributed by atoms with van der Waals surface area (Å²) in [6.45, 7) is 6.05. The van der Waals surface area contributed by atoms with Gasteiger partial charge in [0, 0.05) is 40.3 Å². The van der Waals surface area contributed by atoms with Crippen molar-refractivity contribution in [1.82, 2.24) is 19.8 Å². The fourth-order valence-corrected chi connectivity index (χ4v) is 4.65. The largest absolute Gasteiger partial charge is 0.355 e. The third kappa shape index (κ3) is 5.03. The lowest BCUT2D eigenvalue weighted by Gasteiger charge is -2.34. The number of fused-ring (bicyclic) bond motifs is 1. The van der Waals surface area contributed by atoms with Gasteiger partial charge in [-0.25, -0.2) is 9.55 Å². The first-order valence-corrected chi connectivity index (χ1v) is 12.8. The van der Waals surface area contributed by atoms with Crippen molar-refractivity contribution >= 4 is 45.3 Å². The Morgan fingerprint density at radius 2 is 1.81 bits per heavy atom. The van der Waals surface area contributed by atoms with Crippen molar-refractivity contribution in [3.63, 3.8) is 0 Å². The Morgan fingerprint density at radius 1 is 1.14 bits per heavy atom. The van der Waals surface area contributed by atoms with Crippen molar-refractivity contribution < 1.29 is 9.59 Å². The van der Waals surface area contributed by atoms with Gasteiger partial charge in [-0.3, -0.25) is 14.4 Å². The molecule has 4 rings (SSSR count). The van der Waals surface area contributed by atoms with Crippen LogP contribution >= 0.6 is 27.5 Å². The minimum Gasteiger partial charge on any atom is -0.355 e. The molecule has 8 nitrogen and oxygen atoms in total. The number of amides is 2. The fourth-order valence-electron chi connectivity index (χ4n) is 4.23. The Hall–Kier alpha value is -3.17. The zero-order chi connectivity index (χ0) is 26.1. The highest BCUT2D eigenvalue weighted by Crippen LogP contribution is 2.27. The summed E-state index contributed by atoms with van der Waals surface area (Å²) in [5.74, 6) is 0.00963. The molecule has 3 aromatic rings. The third-order valence-electron chi connectivity index (χ3n) is 6.07. The first-order chi connectivity index (χ1) is 17.1. The summed E-state index contributed by atoms with van der Waals surface area (Å²) in [5.41, 5.74) is 2.52. The lowest BCUT2D eigenvalue weighted by molar-refractivity contribution is 0.0653. The lowest BCUT2D eigenvalue weighted by Crippen LogP contribution is -2.46. The first-order valence-electron chi connectivity index (χ1n) is 11.6. The van der Waals surface area contributed by atoms with Gasteiger partial charge in [-0.1, -0.05) is 11.6 Å². The Kier molecular flexibility index (Phi) is 7.51. The van der Waals surface area contributed by atoms with Gasteiger partial charge in [-0.05, 0) is 85.6 Å². The minimum atomic E-state index is -0.213. The number of anilines is 1. The molecule has 0 spiro atoms. The maximum Gasteiger partial charge on any atom is 0.263 e. The van der Waals surface area contributed by atoms with E-state index in [0.717, 1.165) is 0 Å². The smallest absolute Gasteiger partial charge is 0.263 e. The molecule has 2 heterocycles. The zero-order valence-electron chi connectivity index (χ0n) is 20.4. The van der Waals surface area contributed by atoms with E-state index in [-0.39, 0.29) is 36.0 Å². The first kappa shape index (κ1) is 25.9. The number of nitrogens with zero attached hydrogens (tertiary/aromatic N) is 3. The van der Waals surface area contributed by atoms with Crippen molar-refractivity contribution in [2.75, 3.05) is 12.4 Å². The molecule has 1 aliphatic rings. The Balaban J connectivity index is 1.75. The molecule has 1 aromatic heterocycles. The van der Waals surface area contributed by atoms with E-state index in [4.69, 9.17) is 16.6 Å². The summed E-state index contributed by atoms with van der Waals surface area (Å²) in [6, 6.07) is 11.7. The van der Waals surface area contributed by atoms with E-state index in [1.807, 2.05) is 20.8 Å². The van der Waals surface area contributed by atoms with Gasteiger partial charge in [0.1, 0.15) is 0 Å². The molecule has 2 amide bonds. The predicted molar refractivity (Wildman–Crippen MR) is 144 cm³/mol. The highest BCUT2D eigenvalue weighted by Gasteiger charge is 2.32. The van der Waals surface area contributed by atoms with Crippen molar-refractivity contribution in [3.8, 4) is 5.69 Å². The second-order valence-electron chi connectivity index (χ2n) is 9.04. The maximum atomic E-state index is 13.7. The number of carbonyl (C=O) groups is 2. The minimum absolute atomic E-state index is 0.0106. The molecule has 36 heavy (non-hydrogen) atoms. The van der Waals surface area contributed by atoms with Crippen LogP contribution in [0.2, 0.25) is 5.02 Å². The van der Waals surface area contributed by atoms with E-state index < -0.39 is 0 Å². The fraction of sp³-hybridized carbons (Fsp3) is 0.308. The van der Waals surface area contributed by atoms with Crippen LogP contribution in [0.5, 0.6) is 0 Å².